The van der Waals surface area contributed by atoms with Crippen LogP contribution in [0.3, 0.4) is 0 Å². The number of benzene rings is 3. The van der Waals surface area contributed by atoms with E-state index in [0.29, 0.717) is 11.4 Å². The molecule has 0 heterocycles. The predicted octanol–water partition coefficient (Wildman–Crippen LogP) is 5.92. The van der Waals surface area contributed by atoms with Gasteiger partial charge in [0.15, 0.2) is 0 Å². The third-order valence-electron chi connectivity index (χ3n) is 4.39. The molecule has 0 fully saturated rings. The van der Waals surface area contributed by atoms with Crippen molar-refractivity contribution in [2.45, 2.75) is 25.7 Å². The first-order chi connectivity index (χ1) is 14.0. The third-order valence-corrected chi connectivity index (χ3v) is 6.93. The highest BCUT2D eigenvalue weighted by Gasteiger charge is 2.21. The molecule has 0 radical (unpaired) electrons. The maximum Gasteiger partial charge on any atom is 0.263 e. The molecule has 0 atom stereocenters. The van der Waals surface area contributed by atoms with Crippen molar-refractivity contribution in [2.24, 2.45) is 0 Å². The van der Waals surface area contributed by atoms with E-state index in [1.165, 1.54) is 18.2 Å². The van der Waals surface area contributed by atoms with Gasteiger partial charge >= 0.3 is 0 Å². The molecule has 3 aromatic carbocycles. The van der Waals surface area contributed by atoms with E-state index in [-0.39, 0.29) is 15.5 Å². The Bertz CT molecular complexity index is 1220. The van der Waals surface area contributed by atoms with Gasteiger partial charge < -0.3 is 5.32 Å². The van der Waals surface area contributed by atoms with Crippen LogP contribution in [0.2, 0.25) is 5.02 Å². The molecule has 0 aliphatic heterocycles. The van der Waals surface area contributed by atoms with Crippen molar-refractivity contribution >= 4 is 61.5 Å². The van der Waals surface area contributed by atoms with Crippen molar-refractivity contribution in [1.82, 2.24) is 0 Å². The maximum absolute atomic E-state index is 12.9. The first-order valence-electron chi connectivity index (χ1n) is 9.03. The second kappa shape index (κ2) is 8.95. The fourth-order valence-corrected chi connectivity index (χ4v) is 5.27. The van der Waals surface area contributed by atoms with Gasteiger partial charge in [-0.15, -0.1) is 0 Å². The van der Waals surface area contributed by atoms with Gasteiger partial charge in [-0.3, -0.25) is 9.52 Å². The van der Waals surface area contributed by atoms with Crippen LogP contribution in [0, 0.1) is 24.3 Å². The summed E-state index contributed by atoms with van der Waals surface area (Å²) in [7, 11) is -3.98. The van der Waals surface area contributed by atoms with Crippen molar-refractivity contribution in [3.05, 3.63) is 85.4 Å². The zero-order chi connectivity index (χ0) is 22.1. The molecule has 3 aromatic rings. The van der Waals surface area contributed by atoms with Crippen LogP contribution in [0.25, 0.3) is 0 Å². The van der Waals surface area contributed by atoms with E-state index in [9.17, 15) is 13.2 Å². The van der Waals surface area contributed by atoms with E-state index in [1.807, 2.05) is 45.0 Å². The number of aryl methyl sites for hydroxylation is 3. The standard InChI is InChI=1S/C22H20ClIN2O3S/c1-13-8-14(2)10-18(9-13)26-30(28,29)21-12-16(4-6-19(21)23)22(27)25-20-7-5-17(24)11-15(20)3/h4-12,26H,1-3H3,(H,25,27). The molecule has 5 nitrogen and oxygen atoms in total. The SMILES string of the molecule is Cc1cc(C)cc(NS(=O)(=O)c2cc(C(=O)Nc3ccc(I)cc3C)ccc2Cl)c1. The van der Waals surface area contributed by atoms with Crippen LogP contribution < -0.4 is 10.0 Å². The molecule has 30 heavy (non-hydrogen) atoms. The lowest BCUT2D eigenvalue weighted by molar-refractivity contribution is 0.102. The number of carbonyl (C=O) groups excluding carboxylic acids is 1. The summed E-state index contributed by atoms with van der Waals surface area (Å²) in [6, 6.07) is 15.2. The monoisotopic (exact) mass is 554 g/mol. The first-order valence-corrected chi connectivity index (χ1v) is 12.0. The molecule has 1 amide bonds. The minimum absolute atomic E-state index is 0.0360. The van der Waals surface area contributed by atoms with Gasteiger partial charge in [0, 0.05) is 20.5 Å². The molecule has 0 aliphatic rings. The average Bonchev–Trinajstić information content (AvgIpc) is 2.62. The number of nitrogens with one attached hydrogen (secondary N) is 2. The smallest absolute Gasteiger partial charge is 0.263 e. The highest BCUT2D eigenvalue weighted by molar-refractivity contribution is 14.1. The summed E-state index contributed by atoms with van der Waals surface area (Å²) in [5.41, 5.74) is 4.06. The lowest BCUT2D eigenvalue weighted by Gasteiger charge is -2.13. The number of amides is 1. The van der Waals surface area contributed by atoms with E-state index in [4.69, 9.17) is 11.6 Å². The Morgan fingerprint density at radius 3 is 2.23 bits per heavy atom. The molecule has 0 saturated carbocycles. The van der Waals surface area contributed by atoms with Crippen LogP contribution in [-0.2, 0) is 10.0 Å². The van der Waals surface area contributed by atoms with Crippen LogP contribution in [0.4, 0.5) is 11.4 Å². The van der Waals surface area contributed by atoms with E-state index in [2.05, 4.69) is 32.6 Å². The molecule has 0 unspecified atom stereocenters. The minimum atomic E-state index is -3.98. The third kappa shape index (κ3) is 5.33. The molecule has 3 rings (SSSR count). The van der Waals surface area contributed by atoms with Gasteiger partial charge in [0.05, 0.1) is 5.02 Å². The predicted molar refractivity (Wildman–Crippen MR) is 130 cm³/mol. The fraction of sp³-hybridized carbons (Fsp3) is 0.136. The van der Waals surface area contributed by atoms with Crippen LogP contribution >= 0.6 is 34.2 Å². The number of hydrogen-bond donors (Lipinski definition) is 2. The zero-order valence-electron chi connectivity index (χ0n) is 16.6. The van der Waals surface area contributed by atoms with Crippen molar-refractivity contribution < 1.29 is 13.2 Å². The van der Waals surface area contributed by atoms with Crippen LogP contribution in [0.5, 0.6) is 0 Å². The first kappa shape index (κ1) is 22.6. The number of anilines is 2. The van der Waals surface area contributed by atoms with Gasteiger partial charge in [0.1, 0.15) is 4.90 Å². The molecular weight excluding hydrogens is 535 g/mol. The number of sulfonamides is 1. The number of halogens is 2. The Hall–Kier alpha value is -2.10. The largest absolute Gasteiger partial charge is 0.322 e. The summed E-state index contributed by atoms with van der Waals surface area (Å²) in [5.74, 6) is -0.418. The highest BCUT2D eigenvalue weighted by atomic mass is 127. The number of carbonyl (C=O) groups is 1. The second-order valence-electron chi connectivity index (χ2n) is 7.04. The molecule has 156 valence electrons. The summed E-state index contributed by atoms with van der Waals surface area (Å²) >= 11 is 8.36. The molecule has 0 aliphatic carbocycles. The highest BCUT2D eigenvalue weighted by Crippen LogP contribution is 2.27. The number of rotatable bonds is 5. The van der Waals surface area contributed by atoms with E-state index >= 15 is 0 Å². The molecule has 0 saturated heterocycles. The Kier molecular flexibility index (Phi) is 6.74. The quantitative estimate of drug-likeness (QED) is 0.384. The van der Waals surface area contributed by atoms with Crippen molar-refractivity contribution in [3.8, 4) is 0 Å². The molecule has 0 spiro atoms. The lowest BCUT2D eigenvalue weighted by Crippen LogP contribution is -2.17. The van der Waals surface area contributed by atoms with Gasteiger partial charge in [0.25, 0.3) is 15.9 Å². The van der Waals surface area contributed by atoms with Gasteiger partial charge in [-0.25, -0.2) is 8.42 Å². The summed E-state index contributed by atoms with van der Waals surface area (Å²) < 4.78 is 29.5. The summed E-state index contributed by atoms with van der Waals surface area (Å²) in [4.78, 5) is 12.6. The Labute approximate surface area is 195 Å². The molecule has 8 heteroatoms. The summed E-state index contributed by atoms with van der Waals surface area (Å²) in [6.07, 6.45) is 0. The van der Waals surface area contributed by atoms with Gasteiger partial charge in [-0.05, 0) is 109 Å². The van der Waals surface area contributed by atoms with E-state index in [0.717, 1.165) is 20.3 Å². The van der Waals surface area contributed by atoms with Crippen LogP contribution in [0.1, 0.15) is 27.0 Å². The van der Waals surface area contributed by atoms with E-state index in [1.54, 1.807) is 12.1 Å². The number of hydrogen-bond acceptors (Lipinski definition) is 3. The van der Waals surface area contributed by atoms with Crippen LogP contribution in [0.15, 0.2) is 59.5 Å². The molecule has 0 bridgehead atoms. The summed E-state index contributed by atoms with van der Waals surface area (Å²) in [6.45, 7) is 5.66. The molecule has 0 aromatic heterocycles. The van der Waals surface area contributed by atoms with Gasteiger partial charge in [0.2, 0.25) is 0 Å². The topological polar surface area (TPSA) is 75.3 Å². The average molecular weight is 555 g/mol. The second-order valence-corrected chi connectivity index (χ2v) is 10.3. The summed E-state index contributed by atoms with van der Waals surface area (Å²) in [5, 5.41) is 2.85. The Balaban J connectivity index is 1.91. The van der Waals surface area contributed by atoms with Crippen molar-refractivity contribution in [3.63, 3.8) is 0 Å². The van der Waals surface area contributed by atoms with Crippen LogP contribution in [-0.4, -0.2) is 14.3 Å². The Morgan fingerprint density at radius 2 is 1.60 bits per heavy atom. The normalized spacial score (nSPS) is 11.2. The fourth-order valence-electron chi connectivity index (χ4n) is 3.06. The Morgan fingerprint density at radius 1 is 0.933 bits per heavy atom. The van der Waals surface area contributed by atoms with Gasteiger partial charge in [-0.1, -0.05) is 17.7 Å². The maximum atomic E-state index is 12.9. The lowest BCUT2D eigenvalue weighted by atomic mass is 10.1. The van der Waals surface area contributed by atoms with Crippen molar-refractivity contribution in [2.75, 3.05) is 10.0 Å². The molecular formula is C22H20ClIN2O3S. The van der Waals surface area contributed by atoms with Crippen molar-refractivity contribution in [1.29, 1.82) is 0 Å². The zero-order valence-corrected chi connectivity index (χ0v) is 20.3. The van der Waals surface area contributed by atoms with Gasteiger partial charge in [-0.2, -0.15) is 0 Å². The van der Waals surface area contributed by atoms with E-state index < -0.39 is 15.9 Å². The molecule has 2 N–H and O–H groups in total. The minimum Gasteiger partial charge on any atom is -0.322 e.